The third kappa shape index (κ3) is 6.74. The molecular formula is C26H40N8O. The molecule has 1 aromatic carbocycles. The van der Waals surface area contributed by atoms with Crippen molar-refractivity contribution in [2.75, 3.05) is 59.4 Å². The van der Waals surface area contributed by atoms with E-state index in [2.05, 4.69) is 39.1 Å². The summed E-state index contributed by atoms with van der Waals surface area (Å²) in [6, 6.07) is 5.67. The second kappa shape index (κ2) is 12.6. The van der Waals surface area contributed by atoms with Gasteiger partial charge in [-0.3, -0.25) is 0 Å². The van der Waals surface area contributed by atoms with Gasteiger partial charge in [-0.05, 0) is 51.7 Å². The predicted octanol–water partition coefficient (Wildman–Crippen LogP) is 4.63. The van der Waals surface area contributed by atoms with Crippen LogP contribution in [0.25, 0.3) is 0 Å². The van der Waals surface area contributed by atoms with E-state index in [-0.39, 0.29) is 5.75 Å². The predicted molar refractivity (Wildman–Crippen MR) is 144 cm³/mol. The van der Waals surface area contributed by atoms with Crippen LogP contribution in [0, 0.1) is 0 Å². The van der Waals surface area contributed by atoms with Crippen LogP contribution in [0.4, 0.5) is 23.5 Å². The second-order valence-corrected chi connectivity index (χ2v) is 9.35. The lowest BCUT2D eigenvalue weighted by atomic mass is 10.2. The van der Waals surface area contributed by atoms with Crippen molar-refractivity contribution in [1.82, 2.24) is 15.0 Å². The lowest BCUT2D eigenvalue weighted by Crippen LogP contribution is -2.30. The lowest BCUT2D eigenvalue weighted by Gasteiger charge is -2.24. The van der Waals surface area contributed by atoms with Gasteiger partial charge in [-0.15, -0.1) is 0 Å². The van der Waals surface area contributed by atoms with Crippen LogP contribution in [-0.2, 0) is 0 Å². The fraction of sp³-hybridized carbons (Fsp3) is 0.615. The first-order valence-corrected chi connectivity index (χ1v) is 13.3. The van der Waals surface area contributed by atoms with E-state index in [4.69, 9.17) is 15.0 Å². The number of hydrazone groups is 1. The first-order valence-electron chi connectivity index (χ1n) is 13.3. The molecule has 0 spiro atoms. The van der Waals surface area contributed by atoms with Crippen molar-refractivity contribution in [3.05, 3.63) is 23.8 Å². The number of hydrogen-bond acceptors (Lipinski definition) is 9. The Kier molecular flexibility index (Phi) is 8.97. The van der Waals surface area contributed by atoms with Gasteiger partial charge in [0.2, 0.25) is 17.8 Å². The minimum atomic E-state index is 0.200. The van der Waals surface area contributed by atoms with Crippen molar-refractivity contribution in [2.24, 2.45) is 5.10 Å². The first-order chi connectivity index (χ1) is 17.2. The van der Waals surface area contributed by atoms with Crippen molar-refractivity contribution in [3.63, 3.8) is 0 Å². The Morgan fingerprint density at radius 2 is 1.40 bits per heavy atom. The zero-order valence-electron chi connectivity index (χ0n) is 21.3. The number of phenolic OH excluding ortho intramolecular Hbond substituents is 1. The molecule has 2 aliphatic heterocycles. The average molecular weight is 481 g/mol. The third-order valence-corrected chi connectivity index (χ3v) is 6.90. The van der Waals surface area contributed by atoms with Gasteiger partial charge in [-0.2, -0.15) is 20.1 Å². The second-order valence-electron chi connectivity index (χ2n) is 9.35. The number of nitrogens with zero attached hydrogens (tertiary/aromatic N) is 7. The van der Waals surface area contributed by atoms with Crippen molar-refractivity contribution in [3.8, 4) is 5.75 Å². The summed E-state index contributed by atoms with van der Waals surface area (Å²) in [5, 5.41) is 14.9. The zero-order valence-corrected chi connectivity index (χ0v) is 21.3. The molecule has 2 fully saturated rings. The number of phenols is 1. The molecular weight excluding hydrogens is 440 g/mol. The number of nitrogens with one attached hydrogen (secondary N) is 1. The Bertz CT molecular complexity index is 924. The quantitative estimate of drug-likeness (QED) is 0.417. The van der Waals surface area contributed by atoms with Gasteiger partial charge in [0.05, 0.1) is 6.21 Å². The number of benzene rings is 1. The first kappa shape index (κ1) is 25.0. The largest absolute Gasteiger partial charge is 0.507 e. The van der Waals surface area contributed by atoms with E-state index in [1.54, 1.807) is 12.3 Å². The summed E-state index contributed by atoms with van der Waals surface area (Å²) in [6.07, 6.45) is 11.3. The van der Waals surface area contributed by atoms with E-state index in [0.29, 0.717) is 11.5 Å². The number of aromatic hydroxyl groups is 1. The number of rotatable bonds is 8. The van der Waals surface area contributed by atoms with Gasteiger partial charge in [0.25, 0.3) is 0 Å². The number of anilines is 4. The molecule has 0 bridgehead atoms. The van der Waals surface area contributed by atoms with Gasteiger partial charge in [0.15, 0.2) is 0 Å². The molecule has 2 saturated heterocycles. The van der Waals surface area contributed by atoms with Gasteiger partial charge >= 0.3 is 0 Å². The summed E-state index contributed by atoms with van der Waals surface area (Å²) < 4.78 is 0. The number of hydrogen-bond donors (Lipinski definition) is 2. The molecule has 2 aromatic rings. The topological polar surface area (TPSA) is 93.0 Å². The fourth-order valence-electron chi connectivity index (χ4n) is 4.81. The molecule has 9 nitrogen and oxygen atoms in total. The van der Waals surface area contributed by atoms with Crippen LogP contribution in [-0.4, -0.2) is 65.5 Å². The molecule has 0 aliphatic carbocycles. The Morgan fingerprint density at radius 1 is 0.857 bits per heavy atom. The highest BCUT2D eigenvalue weighted by molar-refractivity contribution is 5.84. The van der Waals surface area contributed by atoms with E-state index >= 15 is 0 Å². The van der Waals surface area contributed by atoms with Gasteiger partial charge < -0.3 is 19.8 Å². The molecule has 0 atom stereocenters. The molecule has 0 saturated carbocycles. The smallest absolute Gasteiger partial charge is 0.250 e. The van der Waals surface area contributed by atoms with Crippen molar-refractivity contribution < 1.29 is 5.11 Å². The van der Waals surface area contributed by atoms with Crippen LogP contribution in [0.15, 0.2) is 23.3 Å². The maximum atomic E-state index is 10.5. The van der Waals surface area contributed by atoms with Crippen LogP contribution in [0.5, 0.6) is 5.75 Å². The maximum Gasteiger partial charge on any atom is 0.250 e. The number of aromatic nitrogens is 3. The molecule has 2 N–H and O–H groups in total. The Morgan fingerprint density at radius 3 is 1.89 bits per heavy atom. The van der Waals surface area contributed by atoms with Crippen LogP contribution < -0.4 is 20.1 Å². The summed E-state index contributed by atoms with van der Waals surface area (Å²) in [5.74, 6) is 2.09. The summed E-state index contributed by atoms with van der Waals surface area (Å²) in [5.41, 5.74) is 4.64. The molecule has 0 radical (unpaired) electrons. The average Bonchev–Trinajstić information content (AvgIpc) is 3.32. The summed E-state index contributed by atoms with van der Waals surface area (Å²) in [4.78, 5) is 21.1. The molecule has 1 aromatic heterocycles. The van der Waals surface area contributed by atoms with Gasteiger partial charge in [0.1, 0.15) is 5.75 Å². The minimum Gasteiger partial charge on any atom is -0.507 e. The molecule has 4 rings (SSSR count). The SMILES string of the molecule is CCN(CC)c1ccc(C=NNc2nc(N3CCCCCC3)nc(N3CCCCCC3)n2)c(O)c1. The zero-order chi connectivity index (χ0) is 24.5. The molecule has 35 heavy (non-hydrogen) atoms. The molecule has 9 heteroatoms. The van der Waals surface area contributed by atoms with Gasteiger partial charge in [-0.1, -0.05) is 25.7 Å². The van der Waals surface area contributed by atoms with Crippen LogP contribution >= 0.6 is 0 Å². The Labute approximate surface area is 209 Å². The standard InChI is InChI=1S/C26H40N8O/c1-3-32(4-2)22-14-13-21(23(35)19-22)20-27-31-24-28-25(33-15-9-5-6-10-16-33)30-26(29-24)34-17-11-7-8-12-18-34/h13-14,19-20,35H,3-12,15-18H2,1-2H3,(H,28,29,30,31). The summed E-state index contributed by atoms with van der Waals surface area (Å²) in [6.45, 7) is 9.88. The van der Waals surface area contributed by atoms with Crippen LogP contribution in [0.1, 0.15) is 70.8 Å². The van der Waals surface area contributed by atoms with Crippen LogP contribution in [0.3, 0.4) is 0 Å². The normalized spacial score (nSPS) is 17.3. The fourth-order valence-corrected chi connectivity index (χ4v) is 4.81. The van der Waals surface area contributed by atoms with E-state index in [1.165, 1.54) is 25.7 Å². The van der Waals surface area contributed by atoms with E-state index in [1.807, 2.05) is 12.1 Å². The van der Waals surface area contributed by atoms with Crippen molar-refractivity contribution >= 4 is 29.7 Å². The Hall–Kier alpha value is -3.10. The highest BCUT2D eigenvalue weighted by Crippen LogP contribution is 2.24. The highest BCUT2D eigenvalue weighted by atomic mass is 16.3. The molecule has 3 heterocycles. The molecule has 0 unspecified atom stereocenters. The molecule has 2 aliphatic rings. The van der Waals surface area contributed by atoms with Crippen LogP contribution in [0.2, 0.25) is 0 Å². The third-order valence-electron chi connectivity index (χ3n) is 6.90. The van der Waals surface area contributed by atoms with E-state index in [9.17, 15) is 5.11 Å². The summed E-state index contributed by atoms with van der Waals surface area (Å²) in [7, 11) is 0. The highest BCUT2D eigenvalue weighted by Gasteiger charge is 2.19. The van der Waals surface area contributed by atoms with Crippen molar-refractivity contribution in [2.45, 2.75) is 65.2 Å². The van der Waals surface area contributed by atoms with Gasteiger partial charge in [0, 0.05) is 56.6 Å². The maximum absolute atomic E-state index is 10.5. The Balaban J connectivity index is 1.54. The monoisotopic (exact) mass is 480 g/mol. The van der Waals surface area contributed by atoms with Gasteiger partial charge in [-0.25, -0.2) is 5.43 Å². The molecule has 190 valence electrons. The summed E-state index contributed by atoms with van der Waals surface area (Å²) >= 11 is 0. The molecule has 0 amide bonds. The van der Waals surface area contributed by atoms with E-state index in [0.717, 1.165) is 82.5 Å². The minimum absolute atomic E-state index is 0.200. The lowest BCUT2D eigenvalue weighted by molar-refractivity contribution is 0.474. The van der Waals surface area contributed by atoms with Crippen molar-refractivity contribution in [1.29, 1.82) is 0 Å². The van der Waals surface area contributed by atoms with E-state index < -0.39 is 0 Å².